The molecule has 0 fully saturated rings. The second-order valence-corrected chi connectivity index (χ2v) is 3.54. The molecule has 0 saturated heterocycles. The Kier molecular flexibility index (Phi) is 1.67. The van der Waals surface area contributed by atoms with Crippen LogP contribution in [0.15, 0.2) is 17.5 Å². The molecule has 2 nitrogen and oxygen atoms in total. The van der Waals surface area contributed by atoms with Crippen LogP contribution in [0.4, 0.5) is 10.1 Å². The fourth-order valence-electron chi connectivity index (χ4n) is 1.22. The number of anilines is 1. The maximum atomic E-state index is 13.2. The van der Waals surface area contributed by atoms with Crippen molar-refractivity contribution in [3.05, 3.63) is 28.9 Å². The Bertz CT molecular complexity index is 510. The van der Waals surface area contributed by atoms with Crippen molar-refractivity contribution in [1.29, 1.82) is 5.26 Å². The molecular formula is C9H5FN2S. The maximum Gasteiger partial charge on any atom is 0.144 e. The molecule has 4 heteroatoms. The van der Waals surface area contributed by atoms with Crippen LogP contribution in [0.25, 0.3) is 10.1 Å². The van der Waals surface area contributed by atoms with Crippen LogP contribution in [0, 0.1) is 17.1 Å². The van der Waals surface area contributed by atoms with E-state index in [1.54, 1.807) is 12.1 Å². The van der Waals surface area contributed by atoms with E-state index >= 15 is 0 Å². The summed E-state index contributed by atoms with van der Waals surface area (Å²) in [5, 5.41) is 11.2. The number of rotatable bonds is 0. The van der Waals surface area contributed by atoms with Crippen molar-refractivity contribution >= 4 is 27.1 Å². The van der Waals surface area contributed by atoms with Crippen LogP contribution in [0.2, 0.25) is 0 Å². The average Bonchev–Trinajstić information content (AvgIpc) is 2.53. The van der Waals surface area contributed by atoms with Gasteiger partial charge in [0.05, 0.1) is 5.69 Å². The van der Waals surface area contributed by atoms with Crippen molar-refractivity contribution in [3.8, 4) is 6.07 Å². The highest BCUT2D eigenvalue weighted by molar-refractivity contribution is 7.17. The molecule has 0 unspecified atom stereocenters. The summed E-state index contributed by atoms with van der Waals surface area (Å²) < 4.78 is 13.9. The molecule has 2 rings (SSSR count). The number of hydrogen-bond acceptors (Lipinski definition) is 3. The first-order valence-electron chi connectivity index (χ1n) is 3.59. The first-order chi connectivity index (χ1) is 6.24. The topological polar surface area (TPSA) is 49.8 Å². The minimum absolute atomic E-state index is 0.0640. The van der Waals surface area contributed by atoms with Crippen molar-refractivity contribution < 1.29 is 4.39 Å². The smallest absolute Gasteiger partial charge is 0.144 e. The molecule has 0 saturated carbocycles. The van der Waals surface area contributed by atoms with Gasteiger partial charge in [-0.1, -0.05) is 0 Å². The van der Waals surface area contributed by atoms with Crippen molar-refractivity contribution in [2.45, 2.75) is 0 Å². The van der Waals surface area contributed by atoms with Crippen molar-refractivity contribution in [3.63, 3.8) is 0 Å². The van der Waals surface area contributed by atoms with Crippen LogP contribution in [0.1, 0.15) is 5.56 Å². The van der Waals surface area contributed by atoms with Gasteiger partial charge in [-0.15, -0.1) is 11.3 Å². The number of benzene rings is 1. The summed E-state index contributed by atoms with van der Waals surface area (Å²) in [7, 11) is 0. The minimum Gasteiger partial charge on any atom is -0.397 e. The zero-order valence-corrected chi connectivity index (χ0v) is 7.36. The van der Waals surface area contributed by atoms with E-state index in [9.17, 15) is 4.39 Å². The lowest BCUT2D eigenvalue weighted by molar-refractivity contribution is 0.627. The molecular weight excluding hydrogens is 187 g/mol. The summed E-state index contributed by atoms with van der Waals surface area (Å²) >= 11 is 1.41. The predicted molar refractivity (Wildman–Crippen MR) is 50.9 cm³/mol. The third-order valence-corrected chi connectivity index (χ3v) is 2.73. The van der Waals surface area contributed by atoms with Gasteiger partial charge in [-0.05, 0) is 17.5 Å². The molecule has 13 heavy (non-hydrogen) atoms. The van der Waals surface area contributed by atoms with Gasteiger partial charge in [-0.3, -0.25) is 0 Å². The molecule has 1 aromatic heterocycles. The fourth-order valence-corrected chi connectivity index (χ4v) is 2.05. The highest BCUT2D eigenvalue weighted by atomic mass is 32.1. The van der Waals surface area contributed by atoms with E-state index in [4.69, 9.17) is 11.0 Å². The Morgan fingerprint density at radius 1 is 1.54 bits per heavy atom. The van der Waals surface area contributed by atoms with E-state index in [1.807, 2.05) is 5.38 Å². The fraction of sp³-hybridized carbons (Fsp3) is 0. The third-order valence-electron chi connectivity index (χ3n) is 1.86. The summed E-state index contributed by atoms with van der Waals surface area (Å²) in [5.41, 5.74) is 5.79. The van der Waals surface area contributed by atoms with E-state index in [1.165, 1.54) is 17.4 Å². The van der Waals surface area contributed by atoms with E-state index < -0.39 is 5.82 Å². The zero-order chi connectivity index (χ0) is 9.42. The van der Waals surface area contributed by atoms with E-state index in [-0.39, 0.29) is 11.3 Å². The van der Waals surface area contributed by atoms with E-state index in [2.05, 4.69) is 0 Å². The lowest BCUT2D eigenvalue weighted by Crippen LogP contribution is -1.94. The zero-order valence-electron chi connectivity index (χ0n) is 6.54. The highest BCUT2D eigenvalue weighted by Crippen LogP contribution is 2.30. The van der Waals surface area contributed by atoms with Crippen LogP contribution < -0.4 is 5.73 Å². The second kappa shape index (κ2) is 2.71. The monoisotopic (exact) mass is 192 g/mol. The number of nitrogens with zero attached hydrogens (tertiary/aromatic N) is 1. The van der Waals surface area contributed by atoms with Crippen molar-refractivity contribution in [2.75, 3.05) is 5.73 Å². The first-order valence-corrected chi connectivity index (χ1v) is 4.47. The van der Waals surface area contributed by atoms with Crippen molar-refractivity contribution in [1.82, 2.24) is 0 Å². The standard InChI is InChI=1S/C9H5FN2S/c10-7-3-8-5(1-2-13-8)9(12)6(7)4-11/h1-3H,12H2. The first kappa shape index (κ1) is 8.02. The summed E-state index contributed by atoms with van der Waals surface area (Å²) in [6.07, 6.45) is 0. The van der Waals surface area contributed by atoms with Gasteiger partial charge in [0.1, 0.15) is 17.4 Å². The molecule has 0 aliphatic rings. The largest absolute Gasteiger partial charge is 0.397 e. The molecule has 0 bridgehead atoms. The molecule has 1 aromatic carbocycles. The molecule has 0 radical (unpaired) electrons. The van der Waals surface area contributed by atoms with Gasteiger partial charge in [0, 0.05) is 10.1 Å². The van der Waals surface area contributed by atoms with Gasteiger partial charge in [-0.25, -0.2) is 4.39 Å². The number of nitrogen functional groups attached to an aromatic ring is 1. The number of hydrogen-bond donors (Lipinski definition) is 1. The quantitative estimate of drug-likeness (QED) is 0.652. The van der Waals surface area contributed by atoms with E-state index in [0.29, 0.717) is 0 Å². The summed E-state index contributed by atoms with van der Waals surface area (Å²) in [5.74, 6) is -0.546. The van der Waals surface area contributed by atoms with Gasteiger partial charge >= 0.3 is 0 Å². The van der Waals surface area contributed by atoms with Crippen LogP contribution in [0.5, 0.6) is 0 Å². The normalized spacial score (nSPS) is 10.2. The number of fused-ring (bicyclic) bond motifs is 1. The number of halogens is 1. The minimum atomic E-state index is -0.546. The molecule has 64 valence electrons. The molecule has 2 aromatic rings. The SMILES string of the molecule is N#Cc1c(F)cc2sccc2c1N. The van der Waals surface area contributed by atoms with Crippen LogP contribution in [-0.2, 0) is 0 Å². The number of thiophene rings is 1. The molecule has 2 N–H and O–H groups in total. The van der Waals surface area contributed by atoms with Crippen LogP contribution in [-0.4, -0.2) is 0 Å². The predicted octanol–water partition coefficient (Wildman–Crippen LogP) is 2.49. The molecule has 0 spiro atoms. The maximum absolute atomic E-state index is 13.2. The summed E-state index contributed by atoms with van der Waals surface area (Å²) in [6.45, 7) is 0. The van der Waals surface area contributed by atoms with Gasteiger partial charge in [0.2, 0.25) is 0 Å². The Balaban J connectivity index is 2.95. The Hall–Kier alpha value is -1.60. The van der Waals surface area contributed by atoms with Crippen LogP contribution >= 0.6 is 11.3 Å². The summed E-state index contributed by atoms with van der Waals surface area (Å²) in [6, 6.07) is 4.88. The molecule has 0 aliphatic carbocycles. The average molecular weight is 192 g/mol. The third kappa shape index (κ3) is 1.05. The molecule has 0 amide bonds. The number of nitrogens with two attached hydrogens (primary N) is 1. The molecule has 0 atom stereocenters. The molecule has 1 heterocycles. The lowest BCUT2D eigenvalue weighted by Gasteiger charge is -2.00. The van der Waals surface area contributed by atoms with Gasteiger partial charge in [-0.2, -0.15) is 5.26 Å². The second-order valence-electron chi connectivity index (χ2n) is 2.59. The van der Waals surface area contributed by atoms with E-state index in [0.717, 1.165) is 10.1 Å². The Morgan fingerprint density at radius 3 is 3.00 bits per heavy atom. The number of nitriles is 1. The lowest BCUT2D eigenvalue weighted by atomic mass is 10.1. The van der Waals surface area contributed by atoms with Gasteiger partial charge in [0.25, 0.3) is 0 Å². The molecule has 0 aliphatic heterocycles. The van der Waals surface area contributed by atoms with Gasteiger partial charge in [0.15, 0.2) is 0 Å². The Morgan fingerprint density at radius 2 is 2.31 bits per heavy atom. The summed E-state index contributed by atoms with van der Waals surface area (Å²) in [4.78, 5) is 0. The van der Waals surface area contributed by atoms with Gasteiger partial charge < -0.3 is 5.73 Å². The van der Waals surface area contributed by atoms with Crippen LogP contribution in [0.3, 0.4) is 0 Å². The Labute approximate surface area is 78.0 Å². The van der Waals surface area contributed by atoms with Crippen molar-refractivity contribution in [2.24, 2.45) is 0 Å². The highest BCUT2D eigenvalue weighted by Gasteiger charge is 2.10.